The van der Waals surface area contributed by atoms with Gasteiger partial charge in [0.25, 0.3) is 5.91 Å². The molecule has 1 heterocycles. The van der Waals surface area contributed by atoms with E-state index in [1.165, 1.54) is 0 Å². The van der Waals surface area contributed by atoms with Crippen molar-refractivity contribution in [3.8, 4) is 0 Å². The molecule has 3 nitrogen and oxygen atoms in total. The zero-order valence-corrected chi connectivity index (χ0v) is 12.6. The third-order valence-corrected chi connectivity index (χ3v) is 3.93. The quantitative estimate of drug-likeness (QED) is 0.748. The number of benzene rings is 2. The molecule has 1 N–H and O–H groups in total. The first kappa shape index (κ1) is 13.7. The number of rotatable bonds is 2. The molecule has 4 heteroatoms. The normalized spacial score (nSPS) is 10.8. The number of nitrogens with one attached hydrogen (secondary N) is 1. The molecule has 0 saturated carbocycles. The van der Waals surface area contributed by atoms with Crippen molar-refractivity contribution in [2.24, 2.45) is 7.05 Å². The largest absolute Gasteiger partial charge is 0.339 e. The molecule has 3 rings (SSSR count). The fourth-order valence-electron chi connectivity index (χ4n) is 2.63. The summed E-state index contributed by atoms with van der Waals surface area (Å²) in [5.41, 5.74) is 3.44. The number of aromatic nitrogens is 1. The van der Waals surface area contributed by atoms with Crippen LogP contribution in [0.3, 0.4) is 0 Å². The fraction of sp³-hybridized carbons (Fsp3) is 0.118. The fourth-order valence-corrected chi connectivity index (χ4v) is 2.75. The van der Waals surface area contributed by atoms with Gasteiger partial charge in [-0.05, 0) is 42.8 Å². The maximum absolute atomic E-state index is 12.5. The van der Waals surface area contributed by atoms with Gasteiger partial charge in [0.1, 0.15) is 5.69 Å². The van der Waals surface area contributed by atoms with Crippen molar-refractivity contribution in [3.05, 3.63) is 64.8 Å². The molecular weight excluding hydrogens is 284 g/mol. The summed E-state index contributed by atoms with van der Waals surface area (Å²) in [6, 6.07) is 15.1. The number of nitrogens with zero attached hydrogens (tertiary/aromatic N) is 1. The minimum absolute atomic E-state index is 0.117. The average Bonchev–Trinajstić information content (AvgIpc) is 2.74. The van der Waals surface area contributed by atoms with Gasteiger partial charge in [-0.25, -0.2) is 0 Å². The summed E-state index contributed by atoms with van der Waals surface area (Å²) in [5, 5.41) is 4.66. The lowest BCUT2D eigenvalue weighted by Crippen LogP contribution is -2.16. The number of amides is 1. The molecule has 1 amide bonds. The van der Waals surface area contributed by atoms with Gasteiger partial charge in [-0.2, -0.15) is 0 Å². The Morgan fingerprint density at radius 3 is 2.43 bits per heavy atom. The Labute approximate surface area is 128 Å². The Hall–Kier alpha value is -2.26. The summed E-state index contributed by atoms with van der Waals surface area (Å²) in [7, 11) is 1.91. The van der Waals surface area contributed by atoms with Crippen molar-refractivity contribution in [1.29, 1.82) is 0 Å². The summed E-state index contributed by atoms with van der Waals surface area (Å²) in [5.74, 6) is -0.117. The minimum Gasteiger partial charge on any atom is -0.339 e. The second kappa shape index (κ2) is 5.26. The summed E-state index contributed by atoms with van der Waals surface area (Å²) in [6.45, 7) is 1.97. The van der Waals surface area contributed by atoms with Gasteiger partial charge < -0.3 is 9.88 Å². The van der Waals surface area contributed by atoms with Crippen LogP contribution in [0.4, 0.5) is 5.69 Å². The molecule has 0 unspecified atom stereocenters. The molecule has 0 bridgehead atoms. The van der Waals surface area contributed by atoms with E-state index < -0.39 is 0 Å². The molecule has 0 fully saturated rings. The number of para-hydroxylation sites is 1. The van der Waals surface area contributed by atoms with Crippen molar-refractivity contribution < 1.29 is 4.79 Å². The summed E-state index contributed by atoms with van der Waals surface area (Å²) < 4.78 is 1.93. The van der Waals surface area contributed by atoms with E-state index >= 15 is 0 Å². The van der Waals surface area contributed by atoms with Gasteiger partial charge in [0.15, 0.2) is 0 Å². The summed E-state index contributed by atoms with van der Waals surface area (Å²) >= 11 is 5.85. The molecule has 0 saturated heterocycles. The SMILES string of the molecule is Cc1c(C(=O)Nc2ccc(Cl)cc2)n(C)c2ccccc12. The highest BCUT2D eigenvalue weighted by molar-refractivity contribution is 6.30. The van der Waals surface area contributed by atoms with Crippen LogP contribution in [-0.2, 0) is 7.05 Å². The molecule has 1 aromatic heterocycles. The summed E-state index contributed by atoms with van der Waals surface area (Å²) in [4.78, 5) is 12.5. The number of hydrogen-bond acceptors (Lipinski definition) is 1. The zero-order valence-electron chi connectivity index (χ0n) is 11.9. The number of anilines is 1. The van der Waals surface area contributed by atoms with Crippen LogP contribution >= 0.6 is 11.6 Å². The van der Waals surface area contributed by atoms with Crippen molar-refractivity contribution in [1.82, 2.24) is 4.57 Å². The van der Waals surface area contributed by atoms with Crippen molar-refractivity contribution in [3.63, 3.8) is 0 Å². The molecule has 21 heavy (non-hydrogen) atoms. The lowest BCUT2D eigenvalue weighted by molar-refractivity contribution is 0.101. The van der Waals surface area contributed by atoms with Crippen LogP contribution in [0.2, 0.25) is 5.02 Å². The van der Waals surface area contributed by atoms with Crippen LogP contribution in [0, 0.1) is 6.92 Å². The third-order valence-electron chi connectivity index (χ3n) is 3.68. The highest BCUT2D eigenvalue weighted by Crippen LogP contribution is 2.25. The average molecular weight is 299 g/mol. The first-order valence-corrected chi connectivity index (χ1v) is 7.06. The zero-order chi connectivity index (χ0) is 15.0. The monoisotopic (exact) mass is 298 g/mol. The van der Waals surface area contributed by atoms with Crippen LogP contribution in [0.15, 0.2) is 48.5 Å². The molecule has 3 aromatic rings. The number of carbonyl (C=O) groups is 1. The van der Waals surface area contributed by atoms with Gasteiger partial charge in [0.05, 0.1) is 0 Å². The highest BCUT2D eigenvalue weighted by atomic mass is 35.5. The molecule has 0 aliphatic heterocycles. The van der Waals surface area contributed by atoms with E-state index in [0.717, 1.165) is 22.2 Å². The molecule has 2 aromatic carbocycles. The maximum Gasteiger partial charge on any atom is 0.272 e. The first-order chi connectivity index (χ1) is 10.1. The van der Waals surface area contributed by atoms with Gasteiger partial charge in [0.2, 0.25) is 0 Å². The standard InChI is InChI=1S/C17H15ClN2O/c1-11-14-5-3-4-6-15(14)20(2)16(11)17(21)19-13-9-7-12(18)8-10-13/h3-10H,1-2H3,(H,19,21). The molecule has 0 spiro atoms. The van der Waals surface area contributed by atoms with Crippen molar-refractivity contribution >= 4 is 34.1 Å². The van der Waals surface area contributed by atoms with E-state index in [0.29, 0.717) is 10.7 Å². The smallest absolute Gasteiger partial charge is 0.272 e. The lowest BCUT2D eigenvalue weighted by Gasteiger charge is -2.08. The predicted octanol–water partition coefficient (Wildman–Crippen LogP) is 4.39. The third kappa shape index (κ3) is 2.41. The Bertz CT molecular complexity index is 780. The van der Waals surface area contributed by atoms with Crippen molar-refractivity contribution in [2.45, 2.75) is 6.92 Å². The summed E-state index contributed by atoms with van der Waals surface area (Å²) in [6.07, 6.45) is 0. The Kier molecular flexibility index (Phi) is 3.43. The molecule has 106 valence electrons. The van der Waals surface area contributed by atoms with Gasteiger partial charge in [0, 0.05) is 28.7 Å². The van der Waals surface area contributed by atoms with E-state index in [-0.39, 0.29) is 5.91 Å². The van der Waals surface area contributed by atoms with Gasteiger partial charge in [-0.3, -0.25) is 4.79 Å². The Morgan fingerprint density at radius 2 is 1.76 bits per heavy atom. The maximum atomic E-state index is 12.5. The number of hydrogen-bond donors (Lipinski definition) is 1. The Morgan fingerprint density at radius 1 is 1.10 bits per heavy atom. The number of aryl methyl sites for hydroxylation is 2. The second-order valence-corrected chi connectivity index (χ2v) is 5.45. The number of fused-ring (bicyclic) bond motifs is 1. The Balaban J connectivity index is 2.00. The second-order valence-electron chi connectivity index (χ2n) is 5.01. The van der Waals surface area contributed by atoms with Crippen LogP contribution in [0.1, 0.15) is 16.1 Å². The lowest BCUT2D eigenvalue weighted by atomic mass is 10.1. The van der Waals surface area contributed by atoms with Crippen LogP contribution in [-0.4, -0.2) is 10.5 Å². The molecule has 0 aliphatic carbocycles. The van der Waals surface area contributed by atoms with Gasteiger partial charge >= 0.3 is 0 Å². The molecule has 0 atom stereocenters. The van der Waals surface area contributed by atoms with E-state index in [2.05, 4.69) is 5.32 Å². The topological polar surface area (TPSA) is 34.0 Å². The first-order valence-electron chi connectivity index (χ1n) is 6.69. The number of halogens is 1. The molecular formula is C17H15ClN2O. The number of carbonyl (C=O) groups excluding carboxylic acids is 1. The predicted molar refractivity (Wildman–Crippen MR) is 87.1 cm³/mol. The van der Waals surface area contributed by atoms with E-state index in [4.69, 9.17) is 11.6 Å². The van der Waals surface area contributed by atoms with Gasteiger partial charge in [-0.1, -0.05) is 29.8 Å². The van der Waals surface area contributed by atoms with Gasteiger partial charge in [-0.15, -0.1) is 0 Å². The van der Waals surface area contributed by atoms with E-state index in [9.17, 15) is 4.79 Å². The van der Waals surface area contributed by atoms with Crippen molar-refractivity contribution in [2.75, 3.05) is 5.32 Å². The van der Waals surface area contributed by atoms with E-state index in [1.54, 1.807) is 24.3 Å². The van der Waals surface area contributed by atoms with Crippen LogP contribution in [0.5, 0.6) is 0 Å². The molecule has 0 radical (unpaired) electrons. The minimum atomic E-state index is -0.117. The van der Waals surface area contributed by atoms with Crippen LogP contribution < -0.4 is 5.32 Å². The highest BCUT2D eigenvalue weighted by Gasteiger charge is 2.17. The van der Waals surface area contributed by atoms with Crippen LogP contribution in [0.25, 0.3) is 10.9 Å². The van der Waals surface area contributed by atoms with E-state index in [1.807, 2.05) is 42.8 Å². The molecule has 0 aliphatic rings.